The summed E-state index contributed by atoms with van der Waals surface area (Å²) in [5, 5.41) is 3.19. The Labute approximate surface area is 328 Å². The summed E-state index contributed by atoms with van der Waals surface area (Å²) in [5.41, 5.74) is 0. The number of hydrogen-bond donors (Lipinski definition) is 1. The Hall–Kier alpha value is -3.22. The van der Waals surface area contributed by atoms with E-state index < -0.39 is 24.1 Å². The van der Waals surface area contributed by atoms with Gasteiger partial charge in [0.05, 0.1) is 0 Å². The standard InChI is InChI=1S/C42H69NO12/c1-30-8-14-33(15-9-30)22-40(47)51-26-36(25-50-29-44)54-38(45)6-4-20-43-21-5-7-39(46)55-37(27-52-41(48)23-34-16-10-31(2)11-17-34)28-53-42(49)24-35-18-12-32(3)13-19-35/h29-37,43H,4-28H2,1-3H3. The number of carbonyl (C=O) groups is 6. The van der Waals surface area contributed by atoms with Crippen LogP contribution < -0.4 is 5.32 Å². The van der Waals surface area contributed by atoms with Crippen molar-refractivity contribution in [2.45, 2.75) is 155 Å². The number of hydrogen-bond acceptors (Lipinski definition) is 13. The van der Waals surface area contributed by atoms with E-state index in [0.29, 0.717) is 80.7 Å². The SMILES string of the molecule is CC1CCC(CC(=O)OCC(COC=O)OC(=O)CCCNCCCC(=O)OC(COC(=O)CC2CCC(C)CC2)COC(=O)CC2CCC(C)CC2)CC1. The van der Waals surface area contributed by atoms with Gasteiger partial charge in [-0.3, -0.25) is 28.8 Å². The average molecular weight is 780 g/mol. The lowest BCUT2D eigenvalue weighted by Crippen LogP contribution is -2.32. The van der Waals surface area contributed by atoms with E-state index in [-0.39, 0.29) is 63.6 Å². The van der Waals surface area contributed by atoms with Gasteiger partial charge in [0.15, 0.2) is 12.2 Å². The second-order valence-corrected chi connectivity index (χ2v) is 16.6. The van der Waals surface area contributed by atoms with Crippen LogP contribution in [0.15, 0.2) is 0 Å². The second-order valence-electron chi connectivity index (χ2n) is 16.6. The van der Waals surface area contributed by atoms with Crippen molar-refractivity contribution in [3.05, 3.63) is 0 Å². The molecule has 13 heteroatoms. The van der Waals surface area contributed by atoms with Crippen LogP contribution in [-0.4, -0.2) is 88.0 Å². The van der Waals surface area contributed by atoms with E-state index >= 15 is 0 Å². The highest BCUT2D eigenvalue weighted by molar-refractivity contribution is 5.72. The molecule has 0 aromatic carbocycles. The van der Waals surface area contributed by atoms with E-state index in [1.807, 2.05) is 0 Å². The molecule has 3 aliphatic rings. The Kier molecular flexibility index (Phi) is 22.3. The maximum atomic E-state index is 12.7. The Bertz CT molecular complexity index is 1120. The zero-order valence-electron chi connectivity index (χ0n) is 33.8. The first kappa shape index (κ1) is 46.2. The number of esters is 5. The molecule has 314 valence electrons. The highest BCUT2D eigenvalue weighted by atomic mass is 16.6. The molecular formula is C42H69NO12. The van der Waals surface area contributed by atoms with E-state index in [1.54, 1.807) is 0 Å². The first-order valence-corrected chi connectivity index (χ1v) is 21.1. The molecule has 1 N–H and O–H groups in total. The van der Waals surface area contributed by atoms with Gasteiger partial charge >= 0.3 is 29.8 Å². The molecule has 55 heavy (non-hydrogen) atoms. The first-order chi connectivity index (χ1) is 26.5. The highest BCUT2D eigenvalue weighted by Gasteiger charge is 2.26. The predicted octanol–water partition coefficient (Wildman–Crippen LogP) is 6.41. The highest BCUT2D eigenvalue weighted by Crippen LogP contribution is 2.32. The van der Waals surface area contributed by atoms with Crippen LogP contribution in [0.3, 0.4) is 0 Å². The fourth-order valence-electron chi connectivity index (χ4n) is 7.75. The van der Waals surface area contributed by atoms with Crippen LogP contribution in [-0.2, 0) is 57.2 Å². The molecule has 3 rings (SSSR count). The zero-order valence-corrected chi connectivity index (χ0v) is 33.8. The summed E-state index contributed by atoms with van der Waals surface area (Å²) < 4.78 is 32.2. The van der Waals surface area contributed by atoms with Crippen molar-refractivity contribution >= 4 is 36.3 Å². The normalized spacial score (nSPS) is 25.1. The molecule has 0 aromatic rings. The fourth-order valence-corrected chi connectivity index (χ4v) is 7.75. The monoisotopic (exact) mass is 779 g/mol. The van der Waals surface area contributed by atoms with E-state index in [2.05, 4.69) is 26.1 Å². The second kappa shape index (κ2) is 26.6. The lowest BCUT2D eigenvalue weighted by Gasteiger charge is -2.26. The Morgan fingerprint density at radius 3 is 1.16 bits per heavy atom. The van der Waals surface area contributed by atoms with Crippen molar-refractivity contribution < 1.29 is 57.2 Å². The summed E-state index contributed by atoms with van der Waals surface area (Å²) in [6.45, 7) is 7.20. The maximum absolute atomic E-state index is 12.7. The fraction of sp³-hybridized carbons (Fsp3) is 0.857. The average Bonchev–Trinajstić information content (AvgIpc) is 3.16. The van der Waals surface area contributed by atoms with Crippen LogP contribution in [0.2, 0.25) is 0 Å². The van der Waals surface area contributed by atoms with E-state index in [0.717, 1.165) is 77.0 Å². The minimum absolute atomic E-state index is 0.0969. The predicted molar refractivity (Wildman–Crippen MR) is 203 cm³/mol. The van der Waals surface area contributed by atoms with E-state index in [4.69, 9.17) is 28.4 Å². The lowest BCUT2D eigenvalue weighted by atomic mass is 9.81. The molecule has 1 atom stereocenters. The molecule has 1 unspecified atom stereocenters. The van der Waals surface area contributed by atoms with Gasteiger partial charge in [-0.25, -0.2) is 0 Å². The molecule has 3 fully saturated rings. The van der Waals surface area contributed by atoms with Crippen molar-refractivity contribution in [1.82, 2.24) is 5.32 Å². The van der Waals surface area contributed by atoms with Crippen molar-refractivity contribution in [3.8, 4) is 0 Å². The molecule has 3 aliphatic carbocycles. The quantitative estimate of drug-likeness (QED) is 0.0467. The van der Waals surface area contributed by atoms with Gasteiger partial charge in [-0.1, -0.05) is 59.3 Å². The Balaban J connectivity index is 1.31. The van der Waals surface area contributed by atoms with Gasteiger partial charge in [0.25, 0.3) is 6.47 Å². The Morgan fingerprint density at radius 1 is 0.509 bits per heavy atom. The van der Waals surface area contributed by atoms with Crippen LogP contribution in [0.5, 0.6) is 0 Å². The Morgan fingerprint density at radius 2 is 0.836 bits per heavy atom. The third-order valence-electron chi connectivity index (χ3n) is 11.5. The number of nitrogens with one attached hydrogen (secondary N) is 1. The smallest absolute Gasteiger partial charge is 0.306 e. The molecule has 0 saturated heterocycles. The molecule has 0 spiro atoms. The van der Waals surface area contributed by atoms with Crippen molar-refractivity contribution in [2.24, 2.45) is 35.5 Å². The molecule has 13 nitrogen and oxygen atoms in total. The first-order valence-electron chi connectivity index (χ1n) is 21.1. The van der Waals surface area contributed by atoms with Gasteiger partial charge in [0.1, 0.15) is 26.4 Å². The van der Waals surface area contributed by atoms with Crippen molar-refractivity contribution in [1.29, 1.82) is 0 Å². The largest absolute Gasteiger partial charge is 0.464 e. The molecule has 0 amide bonds. The summed E-state index contributed by atoms with van der Waals surface area (Å²) in [7, 11) is 0. The van der Waals surface area contributed by atoms with Crippen LogP contribution in [0.25, 0.3) is 0 Å². The molecule has 0 aliphatic heterocycles. The topological polar surface area (TPSA) is 170 Å². The van der Waals surface area contributed by atoms with Gasteiger partial charge < -0.3 is 33.7 Å². The third kappa shape index (κ3) is 21.0. The zero-order chi connectivity index (χ0) is 39.8. The number of ether oxygens (including phenoxy) is 6. The summed E-state index contributed by atoms with van der Waals surface area (Å²) in [5.74, 6) is 0.962. The van der Waals surface area contributed by atoms with Gasteiger partial charge in [-0.2, -0.15) is 0 Å². The minimum Gasteiger partial charge on any atom is -0.464 e. The van der Waals surface area contributed by atoms with E-state index in [9.17, 15) is 28.8 Å². The van der Waals surface area contributed by atoms with Crippen LogP contribution in [0, 0.1) is 35.5 Å². The van der Waals surface area contributed by atoms with Gasteiger partial charge in [-0.15, -0.1) is 0 Å². The van der Waals surface area contributed by atoms with Crippen molar-refractivity contribution in [3.63, 3.8) is 0 Å². The number of rotatable bonds is 25. The van der Waals surface area contributed by atoms with Gasteiger partial charge in [0.2, 0.25) is 0 Å². The van der Waals surface area contributed by atoms with Crippen LogP contribution in [0.1, 0.15) is 143 Å². The lowest BCUT2D eigenvalue weighted by molar-refractivity contribution is -0.167. The van der Waals surface area contributed by atoms with Crippen LogP contribution >= 0.6 is 0 Å². The third-order valence-corrected chi connectivity index (χ3v) is 11.5. The summed E-state index contributed by atoms with van der Waals surface area (Å²) >= 11 is 0. The molecular weight excluding hydrogens is 710 g/mol. The molecule has 0 aromatic heterocycles. The molecule has 0 heterocycles. The van der Waals surface area contributed by atoms with Crippen molar-refractivity contribution in [2.75, 3.05) is 39.5 Å². The maximum Gasteiger partial charge on any atom is 0.306 e. The minimum atomic E-state index is -0.887. The summed E-state index contributed by atoms with van der Waals surface area (Å²) in [6, 6.07) is 0. The summed E-state index contributed by atoms with van der Waals surface area (Å²) in [4.78, 5) is 73.5. The van der Waals surface area contributed by atoms with Crippen LogP contribution in [0.4, 0.5) is 0 Å². The molecule has 0 radical (unpaired) electrons. The van der Waals surface area contributed by atoms with Gasteiger partial charge in [-0.05, 0) is 100.0 Å². The molecule has 3 saturated carbocycles. The molecule has 0 bridgehead atoms. The number of carbonyl (C=O) groups excluding carboxylic acids is 6. The summed E-state index contributed by atoms with van der Waals surface area (Å²) in [6.07, 6.45) is 13.0. The van der Waals surface area contributed by atoms with E-state index in [1.165, 1.54) is 0 Å². The van der Waals surface area contributed by atoms with Gasteiger partial charge in [0, 0.05) is 32.1 Å².